The SMILES string of the molecule is C[C@H](Oc1ccc(Cl)cc1Cl)C(=O)N[C@@H](C)c1ccccc1. The molecule has 1 amide bonds. The molecular formula is C17H17Cl2NO2. The van der Waals surface area contributed by atoms with Crippen LogP contribution in [0.2, 0.25) is 10.0 Å². The molecule has 0 aromatic heterocycles. The number of nitrogens with one attached hydrogen (secondary N) is 1. The number of carbonyl (C=O) groups excluding carboxylic acids is 1. The van der Waals surface area contributed by atoms with Gasteiger partial charge in [0.1, 0.15) is 5.75 Å². The number of halogens is 2. The highest BCUT2D eigenvalue weighted by Crippen LogP contribution is 2.28. The van der Waals surface area contributed by atoms with E-state index in [1.54, 1.807) is 25.1 Å². The van der Waals surface area contributed by atoms with Gasteiger partial charge in [-0.25, -0.2) is 0 Å². The Balaban J connectivity index is 1.97. The Bertz CT molecular complexity index is 646. The second kappa shape index (κ2) is 7.52. The van der Waals surface area contributed by atoms with Crippen molar-refractivity contribution < 1.29 is 9.53 Å². The van der Waals surface area contributed by atoms with Gasteiger partial charge in [0.25, 0.3) is 5.91 Å². The smallest absolute Gasteiger partial charge is 0.261 e. The average Bonchev–Trinajstić information content (AvgIpc) is 2.50. The summed E-state index contributed by atoms with van der Waals surface area (Å²) in [7, 11) is 0. The molecule has 0 radical (unpaired) electrons. The Kier molecular flexibility index (Phi) is 5.69. The molecule has 0 spiro atoms. The fourth-order valence-corrected chi connectivity index (χ4v) is 2.42. The summed E-state index contributed by atoms with van der Waals surface area (Å²) in [5.41, 5.74) is 1.03. The van der Waals surface area contributed by atoms with Crippen LogP contribution in [0.25, 0.3) is 0 Å². The van der Waals surface area contributed by atoms with Crippen LogP contribution in [0.3, 0.4) is 0 Å². The van der Waals surface area contributed by atoms with Crippen molar-refractivity contribution >= 4 is 29.1 Å². The lowest BCUT2D eigenvalue weighted by Crippen LogP contribution is -2.37. The molecule has 0 aliphatic carbocycles. The highest BCUT2D eigenvalue weighted by molar-refractivity contribution is 6.35. The number of hydrogen-bond acceptors (Lipinski definition) is 2. The molecule has 0 saturated carbocycles. The number of hydrogen-bond donors (Lipinski definition) is 1. The van der Waals surface area contributed by atoms with E-state index in [9.17, 15) is 4.79 Å². The van der Waals surface area contributed by atoms with E-state index in [-0.39, 0.29) is 11.9 Å². The standard InChI is InChI=1S/C17H17Cl2NO2/c1-11(13-6-4-3-5-7-13)20-17(21)12(2)22-16-9-8-14(18)10-15(16)19/h3-12H,1-2H3,(H,20,21)/t11-,12-/m0/s1. The van der Waals surface area contributed by atoms with Crippen LogP contribution < -0.4 is 10.1 Å². The van der Waals surface area contributed by atoms with Gasteiger partial charge in [-0.1, -0.05) is 53.5 Å². The van der Waals surface area contributed by atoms with Crippen molar-refractivity contribution in [3.63, 3.8) is 0 Å². The Morgan fingerprint density at radius 2 is 1.77 bits per heavy atom. The Labute approximate surface area is 140 Å². The van der Waals surface area contributed by atoms with Crippen molar-refractivity contribution in [3.05, 3.63) is 64.1 Å². The van der Waals surface area contributed by atoms with Gasteiger partial charge in [-0.15, -0.1) is 0 Å². The molecule has 0 aliphatic heterocycles. The predicted molar refractivity (Wildman–Crippen MR) is 89.6 cm³/mol. The predicted octanol–water partition coefficient (Wildman–Crippen LogP) is 4.64. The van der Waals surface area contributed by atoms with Gasteiger partial charge in [0, 0.05) is 5.02 Å². The molecule has 0 unspecified atom stereocenters. The molecule has 5 heteroatoms. The summed E-state index contributed by atoms with van der Waals surface area (Å²) in [5, 5.41) is 3.81. The first kappa shape index (κ1) is 16.7. The van der Waals surface area contributed by atoms with E-state index in [4.69, 9.17) is 27.9 Å². The Hall–Kier alpha value is -1.71. The van der Waals surface area contributed by atoms with Crippen molar-refractivity contribution in [1.29, 1.82) is 0 Å². The minimum Gasteiger partial charge on any atom is -0.479 e. The summed E-state index contributed by atoms with van der Waals surface area (Å²) in [4.78, 5) is 12.2. The molecule has 0 bridgehead atoms. The lowest BCUT2D eigenvalue weighted by molar-refractivity contribution is -0.127. The maximum Gasteiger partial charge on any atom is 0.261 e. The molecule has 2 atom stereocenters. The zero-order valence-corrected chi connectivity index (χ0v) is 13.9. The van der Waals surface area contributed by atoms with Gasteiger partial charge < -0.3 is 10.1 Å². The molecule has 0 aliphatic rings. The molecule has 3 nitrogen and oxygen atoms in total. The molecular weight excluding hydrogens is 321 g/mol. The van der Waals surface area contributed by atoms with Crippen molar-refractivity contribution in [2.75, 3.05) is 0 Å². The molecule has 0 heterocycles. The van der Waals surface area contributed by atoms with Gasteiger partial charge in [0.2, 0.25) is 0 Å². The number of carbonyl (C=O) groups is 1. The summed E-state index contributed by atoms with van der Waals surface area (Å²) in [6, 6.07) is 14.5. The van der Waals surface area contributed by atoms with Gasteiger partial charge in [-0.2, -0.15) is 0 Å². The molecule has 22 heavy (non-hydrogen) atoms. The first-order valence-electron chi connectivity index (χ1n) is 6.94. The van der Waals surface area contributed by atoms with E-state index in [0.717, 1.165) is 5.56 Å². The summed E-state index contributed by atoms with van der Waals surface area (Å²) in [5.74, 6) is 0.225. The first-order valence-corrected chi connectivity index (χ1v) is 7.70. The zero-order chi connectivity index (χ0) is 16.1. The number of amides is 1. The molecule has 2 rings (SSSR count). The Morgan fingerprint density at radius 1 is 1.09 bits per heavy atom. The summed E-state index contributed by atoms with van der Waals surface area (Å²) < 4.78 is 5.60. The van der Waals surface area contributed by atoms with Gasteiger partial charge in [0.05, 0.1) is 11.1 Å². The van der Waals surface area contributed by atoms with Crippen LogP contribution in [0.15, 0.2) is 48.5 Å². The topological polar surface area (TPSA) is 38.3 Å². The maximum absolute atomic E-state index is 12.2. The van der Waals surface area contributed by atoms with Crippen LogP contribution in [0, 0.1) is 0 Å². The van der Waals surface area contributed by atoms with Crippen molar-refractivity contribution in [3.8, 4) is 5.75 Å². The van der Waals surface area contributed by atoms with Crippen LogP contribution in [-0.4, -0.2) is 12.0 Å². The molecule has 0 fully saturated rings. The normalized spacial score (nSPS) is 13.3. The third-order valence-electron chi connectivity index (χ3n) is 3.23. The van der Waals surface area contributed by atoms with Gasteiger partial charge in [-0.05, 0) is 37.6 Å². The second-order valence-electron chi connectivity index (χ2n) is 4.98. The van der Waals surface area contributed by atoms with Crippen molar-refractivity contribution in [2.45, 2.75) is 26.0 Å². The van der Waals surface area contributed by atoms with E-state index in [0.29, 0.717) is 15.8 Å². The van der Waals surface area contributed by atoms with E-state index in [1.807, 2.05) is 37.3 Å². The van der Waals surface area contributed by atoms with Crippen LogP contribution in [0.4, 0.5) is 0 Å². The number of rotatable bonds is 5. The van der Waals surface area contributed by atoms with Gasteiger partial charge in [-0.3, -0.25) is 4.79 Å². The summed E-state index contributed by atoms with van der Waals surface area (Å²) >= 11 is 11.9. The highest BCUT2D eigenvalue weighted by Gasteiger charge is 2.18. The maximum atomic E-state index is 12.2. The minimum absolute atomic E-state index is 0.0968. The van der Waals surface area contributed by atoms with E-state index >= 15 is 0 Å². The third kappa shape index (κ3) is 4.39. The van der Waals surface area contributed by atoms with E-state index in [2.05, 4.69) is 5.32 Å². The monoisotopic (exact) mass is 337 g/mol. The molecule has 2 aromatic carbocycles. The Morgan fingerprint density at radius 3 is 2.41 bits per heavy atom. The van der Waals surface area contributed by atoms with Crippen LogP contribution in [0.5, 0.6) is 5.75 Å². The second-order valence-corrected chi connectivity index (χ2v) is 5.82. The van der Waals surface area contributed by atoms with Crippen molar-refractivity contribution in [2.24, 2.45) is 0 Å². The van der Waals surface area contributed by atoms with Gasteiger partial charge in [0.15, 0.2) is 6.10 Å². The highest BCUT2D eigenvalue weighted by atomic mass is 35.5. The first-order chi connectivity index (χ1) is 10.5. The lowest BCUT2D eigenvalue weighted by atomic mass is 10.1. The fourth-order valence-electron chi connectivity index (χ4n) is 1.97. The average molecular weight is 338 g/mol. The van der Waals surface area contributed by atoms with Crippen LogP contribution in [-0.2, 0) is 4.79 Å². The molecule has 0 saturated heterocycles. The quantitative estimate of drug-likeness (QED) is 0.863. The largest absolute Gasteiger partial charge is 0.479 e. The van der Waals surface area contributed by atoms with E-state index < -0.39 is 6.10 Å². The number of ether oxygens (including phenoxy) is 1. The summed E-state index contributed by atoms with van der Waals surface area (Å²) in [6.07, 6.45) is -0.662. The number of benzene rings is 2. The van der Waals surface area contributed by atoms with Crippen LogP contribution >= 0.6 is 23.2 Å². The minimum atomic E-state index is -0.662. The fraction of sp³-hybridized carbons (Fsp3) is 0.235. The van der Waals surface area contributed by atoms with E-state index in [1.165, 1.54) is 0 Å². The molecule has 116 valence electrons. The lowest BCUT2D eigenvalue weighted by Gasteiger charge is -2.19. The molecule has 2 aromatic rings. The van der Waals surface area contributed by atoms with Gasteiger partial charge >= 0.3 is 0 Å². The van der Waals surface area contributed by atoms with Crippen molar-refractivity contribution in [1.82, 2.24) is 5.32 Å². The molecule has 1 N–H and O–H groups in total. The zero-order valence-electron chi connectivity index (χ0n) is 12.3. The summed E-state index contributed by atoms with van der Waals surface area (Å²) in [6.45, 7) is 3.60. The third-order valence-corrected chi connectivity index (χ3v) is 3.76. The van der Waals surface area contributed by atoms with Crippen LogP contribution in [0.1, 0.15) is 25.5 Å².